The third-order valence-corrected chi connectivity index (χ3v) is 7.40. The third-order valence-electron chi connectivity index (χ3n) is 2.86. The van der Waals surface area contributed by atoms with Crippen molar-refractivity contribution in [3.05, 3.63) is 28.4 Å². The van der Waals surface area contributed by atoms with Crippen molar-refractivity contribution in [1.29, 1.82) is 0 Å². The van der Waals surface area contributed by atoms with Gasteiger partial charge < -0.3 is 10.1 Å². The Labute approximate surface area is 189 Å². The van der Waals surface area contributed by atoms with Crippen LogP contribution < -0.4 is 5.32 Å². The van der Waals surface area contributed by atoms with Gasteiger partial charge in [-0.25, -0.2) is 0 Å². The monoisotopic (exact) mass is 729 g/mol. The molecule has 146 valence electrons. The number of benzene rings is 1. The number of hydrogen-bond acceptors (Lipinski definition) is 5. The van der Waals surface area contributed by atoms with Crippen LogP contribution in [0.2, 0.25) is 0 Å². The van der Waals surface area contributed by atoms with Gasteiger partial charge in [-0.2, -0.15) is 17.2 Å². The summed E-state index contributed by atoms with van der Waals surface area (Å²) in [5.41, 5.74) is 0.484. The van der Waals surface area contributed by atoms with Crippen LogP contribution >= 0.6 is 67.8 Å². The van der Waals surface area contributed by atoms with Crippen LogP contribution in [0.25, 0.3) is 0 Å². The highest BCUT2D eigenvalue weighted by molar-refractivity contribution is 14.1. The SMILES string of the molecule is O=C(CCCNC(=O)c1cc(I)cc(I)c1I)OCC(F)(F)S(=O)(=O)O. The standard InChI is InChI=1S/C13H12F2I3NO6S/c14-13(15,26(22,23)24)6-25-10(20)2-1-3-19-12(21)8-4-7(16)5-9(17)11(8)18/h4-5H,1-3,6H2,(H,19,21)(H,22,23,24). The van der Waals surface area contributed by atoms with E-state index >= 15 is 0 Å². The van der Waals surface area contributed by atoms with Crippen LogP contribution in [0.3, 0.4) is 0 Å². The number of carbonyl (C=O) groups excluding carboxylic acids is 2. The molecule has 13 heteroatoms. The van der Waals surface area contributed by atoms with Crippen LogP contribution in [0.15, 0.2) is 12.1 Å². The first-order valence-electron chi connectivity index (χ1n) is 6.78. The van der Waals surface area contributed by atoms with Gasteiger partial charge in [0.1, 0.15) is 0 Å². The second kappa shape index (κ2) is 10.1. The fraction of sp³-hybridized carbons (Fsp3) is 0.385. The number of halogens is 5. The second-order valence-electron chi connectivity index (χ2n) is 4.88. The number of amides is 1. The van der Waals surface area contributed by atoms with Crippen molar-refractivity contribution in [2.24, 2.45) is 0 Å². The average molecular weight is 729 g/mol. The molecule has 0 spiro atoms. The van der Waals surface area contributed by atoms with Gasteiger partial charge in [-0.1, -0.05) is 0 Å². The highest BCUT2D eigenvalue weighted by atomic mass is 127. The Kier molecular flexibility index (Phi) is 9.34. The van der Waals surface area contributed by atoms with Gasteiger partial charge in [0.25, 0.3) is 5.91 Å². The van der Waals surface area contributed by atoms with Gasteiger partial charge in [0.15, 0.2) is 6.61 Å². The first-order chi connectivity index (χ1) is 11.8. The van der Waals surface area contributed by atoms with Crippen molar-refractivity contribution in [1.82, 2.24) is 5.32 Å². The largest absolute Gasteiger partial charge is 0.458 e. The molecule has 0 aliphatic rings. The Morgan fingerprint density at radius 2 is 1.85 bits per heavy atom. The second-order valence-corrected chi connectivity index (χ2v) is 9.92. The van der Waals surface area contributed by atoms with E-state index in [1.54, 1.807) is 6.07 Å². The molecule has 0 aliphatic carbocycles. The Balaban J connectivity index is 2.43. The molecule has 1 rings (SSSR count). The molecule has 0 saturated heterocycles. The summed E-state index contributed by atoms with van der Waals surface area (Å²) in [5.74, 6) is -1.40. The minimum atomic E-state index is -5.65. The zero-order chi connectivity index (χ0) is 20.1. The molecule has 0 aliphatic heterocycles. The van der Waals surface area contributed by atoms with Gasteiger partial charge >= 0.3 is 21.3 Å². The lowest BCUT2D eigenvalue weighted by Crippen LogP contribution is -2.34. The molecule has 0 unspecified atom stereocenters. The maximum Gasteiger partial charge on any atom is 0.402 e. The maximum atomic E-state index is 12.9. The predicted molar refractivity (Wildman–Crippen MR) is 114 cm³/mol. The van der Waals surface area contributed by atoms with E-state index in [2.05, 4.69) is 55.2 Å². The summed E-state index contributed by atoms with van der Waals surface area (Å²) in [5, 5.41) is -1.96. The topological polar surface area (TPSA) is 110 Å². The van der Waals surface area contributed by atoms with Gasteiger partial charge in [0.2, 0.25) is 0 Å². The first-order valence-corrected chi connectivity index (χ1v) is 11.5. The van der Waals surface area contributed by atoms with E-state index in [9.17, 15) is 26.8 Å². The molecular weight excluding hydrogens is 717 g/mol. The van der Waals surface area contributed by atoms with Crippen molar-refractivity contribution >= 4 is 89.8 Å². The van der Waals surface area contributed by atoms with Crippen LogP contribution in [-0.2, 0) is 19.6 Å². The number of carbonyl (C=O) groups is 2. The van der Waals surface area contributed by atoms with Gasteiger partial charge in [0, 0.05) is 23.7 Å². The Morgan fingerprint density at radius 3 is 2.42 bits per heavy atom. The van der Waals surface area contributed by atoms with Crippen molar-refractivity contribution in [3.8, 4) is 0 Å². The highest BCUT2D eigenvalue weighted by Gasteiger charge is 2.45. The molecule has 0 fully saturated rings. The van der Waals surface area contributed by atoms with Crippen LogP contribution in [-0.4, -0.2) is 43.3 Å². The number of hydrogen-bond donors (Lipinski definition) is 2. The highest BCUT2D eigenvalue weighted by Crippen LogP contribution is 2.23. The van der Waals surface area contributed by atoms with Gasteiger partial charge in [-0.3, -0.25) is 14.1 Å². The molecule has 0 radical (unpaired) electrons. The molecule has 0 atom stereocenters. The molecule has 2 N–H and O–H groups in total. The Morgan fingerprint density at radius 1 is 1.23 bits per heavy atom. The summed E-state index contributed by atoms with van der Waals surface area (Å²) in [4.78, 5) is 23.5. The molecule has 1 amide bonds. The molecule has 1 aromatic carbocycles. The molecule has 0 aromatic heterocycles. The fourth-order valence-electron chi connectivity index (χ4n) is 1.56. The molecular formula is C13H12F2I3NO6S. The lowest BCUT2D eigenvalue weighted by molar-refractivity contribution is -0.149. The minimum absolute atomic E-state index is 0.0980. The Hall–Kier alpha value is 0.120. The van der Waals surface area contributed by atoms with E-state index in [1.807, 2.05) is 28.7 Å². The summed E-state index contributed by atoms with van der Waals surface area (Å²) in [6.45, 7) is -1.67. The number of nitrogens with one attached hydrogen (secondary N) is 1. The summed E-state index contributed by atoms with van der Waals surface area (Å²) in [6.07, 6.45) is -0.192. The lowest BCUT2D eigenvalue weighted by Gasteiger charge is -2.13. The summed E-state index contributed by atoms with van der Waals surface area (Å²) in [6, 6.07) is 3.63. The molecule has 26 heavy (non-hydrogen) atoms. The molecule has 1 aromatic rings. The first kappa shape index (κ1) is 24.2. The minimum Gasteiger partial charge on any atom is -0.458 e. The normalized spacial score (nSPS) is 11.9. The zero-order valence-electron chi connectivity index (χ0n) is 12.8. The van der Waals surface area contributed by atoms with E-state index in [0.29, 0.717) is 5.56 Å². The van der Waals surface area contributed by atoms with E-state index in [0.717, 1.165) is 10.7 Å². The van der Waals surface area contributed by atoms with E-state index < -0.39 is 27.9 Å². The lowest BCUT2D eigenvalue weighted by atomic mass is 10.2. The number of alkyl halides is 2. The average Bonchev–Trinajstić information content (AvgIpc) is 2.51. The summed E-state index contributed by atoms with van der Waals surface area (Å²) in [7, 11) is -5.65. The van der Waals surface area contributed by atoms with E-state index in [1.165, 1.54) is 0 Å². The van der Waals surface area contributed by atoms with Crippen molar-refractivity contribution in [2.45, 2.75) is 18.1 Å². The predicted octanol–water partition coefficient (Wildman–Crippen LogP) is 3.03. The molecule has 0 saturated carbocycles. The van der Waals surface area contributed by atoms with Gasteiger partial charge in [-0.15, -0.1) is 0 Å². The van der Waals surface area contributed by atoms with Crippen molar-refractivity contribution < 1.29 is 36.1 Å². The molecule has 7 nitrogen and oxygen atoms in total. The van der Waals surface area contributed by atoms with E-state index in [4.69, 9.17) is 4.55 Å². The number of esters is 1. The van der Waals surface area contributed by atoms with Crippen LogP contribution in [0.4, 0.5) is 8.78 Å². The molecule has 0 heterocycles. The van der Waals surface area contributed by atoms with Crippen LogP contribution in [0.5, 0.6) is 0 Å². The van der Waals surface area contributed by atoms with Crippen LogP contribution in [0, 0.1) is 10.7 Å². The fourth-order valence-corrected chi connectivity index (χ4v) is 4.17. The summed E-state index contributed by atoms with van der Waals surface area (Å²) < 4.78 is 61.6. The van der Waals surface area contributed by atoms with Crippen LogP contribution in [0.1, 0.15) is 23.2 Å². The maximum absolute atomic E-state index is 12.9. The van der Waals surface area contributed by atoms with Gasteiger partial charge in [-0.05, 0) is 86.3 Å². The Bertz CT molecular complexity index is 803. The zero-order valence-corrected chi connectivity index (χ0v) is 20.1. The van der Waals surface area contributed by atoms with E-state index in [-0.39, 0.29) is 25.3 Å². The molecule has 0 bridgehead atoms. The van der Waals surface area contributed by atoms with Gasteiger partial charge in [0.05, 0.1) is 5.56 Å². The summed E-state index contributed by atoms with van der Waals surface area (Å²) >= 11 is 6.24. The number of rotatable bonds is 8. The van der Waals surface area contributed by atoms with Crippen molar-refractivity contribution in [2.75, 3.05) is 13.2 Å². The quantitative estimate of drug-likeness (QED) is 0.140. The van der Waals surface area contributed by atoms with Crippen molar-refractivity contribution in [3.63, 3.8) is 0 Å². The smallest absolute Gasteiger partial charge is 0.402 e. The number of ether oxygens (including phenoxy) is 1. The third kappa shape index (κ3) is 7.27.